The normalized spacial score (nSPS) is 11.6. The molecule has 5 nitrogen and oxygen atoms in total. The molecule has 0 fully saturated rings. The van der Waals surface area contributed by atoms with Crippen LogP contribution < -0.4 is 4.90 Å². The van der Waals surface area contributed by atoms with Gasteiger partial charge >= 0.3 is 0 Å². The molecule has 0 saturated heterocycles. The number of thiazole rings is 2. The molecule has 2 aromatic carbocycles. The molecule has 0 spiro atoms. The minimum Gasteiger partial charge on any atom is -0.308 e. The van der Waals surface area contributed by atoms with E-state index in [1.54, 1.807) is 33.1 Å². The second-order valence-corrected chi connectivity index (χ2v) is 8.66. The first-order chi connectivity index (χ1) is 13.0. The van der Waals surface area contributed by atoms with Crippen molar-refractivity contribution >= 4 is 54.1 Å². The average molecular weight is 397 g/mol. The van der Waals surface area contributed by atoms with Crippen LogP contribution in [-0.2, 0) is 0 Å². The van der Waals surface area contributed by atoms with Gasteiger partial charge in [0.1, 0.15) is 0 Å². The number of hydrogen-bond donors (Lipinski definition) is 0. The number of aryl methyl sites for hydroxylation is 1. The minimum atomic E-state index is -0.0251. The summed E-state index contributed by atoms with van der Waals surface area (Å²) in [6.45, 7) is 3.42. The smallest absolute Gasteiger partial charge is 0.260 e. The lowest BCUT2D eigenvalue weighted by atomic mass is 10.2. The lowest BCUT2D eigenvalue weighted by Crippen LogP contribution is -2.36. The molecule has 4 aromatic rings. The summed E-state index contributed by atoms with van der Waals surface area (Å²) in [7, 11) is 4.02. The van der Waals surface area contributed by atoms with Gasteiger partial charge in [-0.1, -0.05) is 17.4 Å². The highest BCUT2D eigenvalue weighted by atomic mass is 32.1. The van der Waals surface area contributed by atoms with Gasteiger partial charge in [0.05, 0.1) is 25.9 Å². The van der Waals surface area contributed by atoms with Crippen LogP contribution in [0.15, 0.2) is 41.9 Å². The Morgan fingerprint density at radius 2 is 1.85 bits per heavy atom. The van der Waals surface area contributed by atoms with Crippen LogP contribution >= 0.6 is 22.7 Å². The fraction of sp³-hybridized carbons (Fsp3) is 0.250. The number of aromatic nitrogens is 2. The quantitative estimate of drug-likeness (QED) is 0.501. The summed E-state index contributed by atoms with van der Waals surface area (Å²) in [4.78, 5) is 26.2. The van der Waals surface area contributed by atoms with Crippen molar-refractivity contribution in [1.29, 1.82) is 0 Å². The molecule has 0 aliphatic carbocycles. The number of rotatable bonds is 5. The topological polar surface area (TPSA) is 49.3 Å². The molecule has 0 radical (unpaired) electrons. The van der Waals surface area contributed by atoms with E-state index in [9.17, 15) is 4.79 Å². The van der Waals surface area contributed by atoms with E-state index in [0.717, 1.165) is 32.1 Å². The van der Waals surface area contributed by atoms with Crippen molar-refractivity contribution in [2.45, 2.75) is 6.92 Å². The number of carbonyl (C=O) groups is 1. The number of anilines is 1. The summed E-state index contributed by atoms with van der Waals surface area (Å²) in [6.07, 6.45) is 0. The number of hydrogen-bond acceptors (Lipinski definition) is 6. The van der Waals surface area contributed by atoms with Crippen LogP contribution in [0.25, 0.3) is 20.4 Å². The molecular formula is C20H20N4OS2. The molecule has 2 heterocycles. The Morgan fingerprint density at radius 3 is 2.67 bits per heavy atom. The Morgan fingerprint density at radius 1 is 1.04 bits per heavy atom. The number of likely N-dealkylation sites (N-methyl/N-ethyl adjacent to an activating group) is 1. The SMILES string of the molecule is Cc1ccc2nc(N(CCN(C)C)C(=O)c3ccc4ncsc4c3)sc2c1. The molecule has 0 aliphatic heterocycles. The number of nitrogens with zero attached hydrogens (tertiary/aromatic N) is 4. The largest absolute Gasteiger partial charge is 0.308 e. The highest BCUT2D eigenvalue weighted by Crippen LogP contribution is 2.31. The number of carbonyl (C=O) groups excluding carboxylic acids is 1. The number of benzene rings is 2. The van der Waals surface area contributed by atoms with Crippen LogP contribution in [0.1, 0.15) is 15.9 Å². The molecule has 138 valence electrons. The third-order valence-electron chi connectivity index (χ3n) is 4.36. The van der Waals surface area contributed by atoms with Gasteiger partial charge in [0.2, 0.25) is 0 Å². The van der Waals surface area contributed by atoms with E-state index in [2.05, 4.69) is 28.9 Å². The van der Waals surface area contributed by atoms with Crippen molar-refractivity contribution < 1.29 is 4.79 Å². The van der Waals surface area contributed by atoms with Gasteiger partial charge < -0.3 is 4.90 Å². The van der Waals surface area contributed by atoms with Gasteiger partial charge in [-0.25, -0.2) is 9.97 Å². The summed E-state index contributed by atoms with van der Waals surface area (Å²) in [5.41, 5.74) is 5.52. The third kappa shape index (κ3) is 3.71. The first kappa shape index (κ1) is 18.0. The van der Waals surface area contributed by atoms with Gasteiger partial charge in [0.15, 0.2) is 5.13 Å². The highest BCUT2D eigenvalue weighted by molar-refractivity contribution is 7.22. The monoisotopic (exact) mass is 396 g/mol. The van der Waals surface area contributed by atoms with E-state index in [-0.39, 0.29) is 5.91 Å². The lowest BCUT2D eigenvalue weighted by molar-refractivity contribution is 0.0985. The van der Waals surface area contributed by atoms with E-state index >= 15 is 0 Å². The fourth-order valence-corrected chi connectivity index (χ4v) is 4.67. The lowest BCUT2D eigenvalue weighted by Gasteiger charge is -2.22. The van der Waals surface area contributed by atoms with Crippen LogP contribution in [0.5, 0.6) is 0 Å². The van der Waals surface area contributed by atoms with Gasteiger partial charge in [0.25, 0.3) is 5.91 Å². The van der Waals surface area contributed by atoms with Crippen LogP contribution in [-0.4, -0.2) is 48.0 Å². The summed E-state index contributed by atoms with van der Waals surface area (Å²) in [5.74, 6) is -0.0251. The average Bonchev–Trinajstić information content (AvgIpc) is 3.26. The summed E-state index contributed by atoms with van der Waals surface area (Å²) in [5, 5.41) is 0.742. The summed E-state index contributed by atoms with van der Waals surface area (Å²) in [6, 6.07) is 11.9. The van der Waals surface area contributed by atoms with Crippen molar-refractivity contribution in [3.05, 3.63) is 53.0 Å². The number of amides is 1. The third-order valence-corrected chi connectivity index (χ3v) is 6.19. The van der Waals surface area contributed by atoms with Crippen LogP contribution in [0, 0.1) is 6.92 Å². The van der Waals surface area contributed by atoms with Gasteiger partial charge in [-0.05, 0) is 56.9 Å². The maximum atomic E-state index is 13.3. The molecule has 4 rings (SSSR count). The Bertz CT molecular complexity index is 1120. The van der Waals surface area contributed by atoms with E-state index < -0.39 is 0 Å². The molecule has 7 heteroatoms. The molecular weight excluding hydrogens is 376 g/mol. The maximum Gasteiger partial charge on any atom is 0.260 e. The first-order valence-electron chi connectivity index (χ1n) is 8.68. The standard InChI is InChI=1S/C20H20N4OS2/c1-13-4-6-16-18(10-13)27-20(22-16)24(9-8-23(2)3)19(25)14-5-7-15-17(11-14)26-12-21-15/h4-7,10-12H,8-9H2,1-3H3. The zero-order chi connectivity index (χ0) is 19.0. The zero-order valence-corrected chi connectivity index (χ0v) is 17.1. The van der Waals surface area contributed by atoms with Crippen LogP contribution in [0.2, 0.25) is 0 Å². The zero-order valence-electron chi connectivity index (χ0n) is 15.5. The molecule has 0 saturated carbocycles. The Balaban J connectivity index is 1.73. The molecule has 27 heavy (non-hydrogen) atoms. The van der Waals surface area contributed by atoms with Crippen LogP contribution in [0.3, 0.4) is 0 Å². The Kier molecular flexibility index (Phi) is 4.90. The molecule has 1 amide bonds. The molecule has 0 unspecified atom stereocenters. The molecule has 2 aromatic heterocycles. The molecule has 0 atom stereocenters. The van der Waals surface area contributed by atoms with E-state index in [1.807, 2.05) is 38.4 Å². The Hall–Kier alpha value is -2.35. The Labute approximate surface area is 165 Å². The second-order valence-electron chi connectivity index (χ2n) is 6.76. The van der Waals surface area contributed by atoms with Crippen LogP contribution in [0.4, 0.5) is 5.13 Å². The molecule has 0 aliphatic rings. The van der Waals surface area contributed by atoms with Crippen molar-refractivity contribution in [2.24, 2.45) is 0 Å². The van der Waals surface area contributed by atoms with Gasteiger partial charge in [-0.2, -0.15) is 0 Å². The predicted molar refractivity (Wildman–Crippen MR) is 114 cm³/mol. The second kappa shape index (κ2) is 7.34. The minimum absolute atomic E-state index is 0.0251. The molecule has 0 N–H and O–H groups in total. The van der Waals surface area contributed by atoms with Crippen molar-refractivity contribution in [3.8, 4) is 0 Å². The maximum absolute atomic E-state index is 13.3. The summed E-state index contributed by atoms with van der Waals surface area (Å²) >= 11 is 3.11. The predicted octanol–water partition coefficient (Wildman–Crippen LogP) is 4.42. The molecule has 0 bridgehead atoms. The highest BCUT2D eigenvalue weighted by Gasteiger charge is 2.22. The number of fused-ring (bicyclic) bond motifs is 2. The van der Waals surface area contributed by atoms with Gasteiger partial charge in [0, 0.05) is 18.7 Å². The van der Waals surface area contributed by atoms with E-state index in [0.29, 0.717) is 12.1 Å². The van der Waals surface area contributed by atoms with E-state index in [1.165, 1.54) is 5.56 Å². The van der Waals surface area contributed by atoms with E-state index in [4.69, 9.17) is 4.98 Å². The van der Waals surface area contributed by atoms with Crippen molar-refractivity contribution in [1.82, 2.24) is 14.9 Å². The summed E-state index contributed by atoms with van der Waals surface area (Å²) < 4.78 is 2.12. The van der Waals surface area contributed by atoms with Gasteiger partial charge in [-0.3, -0.25) is 9.69 Å². The first-order valence-corrected chi connectivity index (χ1v) is 10.4. The fourth-order valence-electron chi connectivity index (χ4n) is 2.86. The van der Waals surface area contributed by atoms with Crippen molar-refractivity contribution in [3.63, 3.8) is 0 Å². The van der Waals surface area contributed by atoms with Crippen molar-refractivity contribution in [2.75, 3.05) is 32.1 Å². The van der Waals surface area contributed by atoms with Gasteiger partial charge in [-0.15, -0.1) is 11.3 Å².